The van der Waals surface area contributed by atoms with E-state index in [4.69, 9.17) is 5.11 Å². The van der Waals surface area contributed by atoms with Crippen LogP contribution in [0.15, 0.2) is 22.7 Å². The zero-order valence-corrected chi connectivity index (χ0v) is 13.0. The highest BCUT2D eigenvalue weighted by Gasteiger charge is 2.32. The zero-order valence-electron chi connectivity index (χ0n) is 11.4. The minimum Gasteiger partial charge on any atom is -0.480 e. The minimum absolute atomic E-state index is 0.112. The third-order valence-electron chi connectivity index (χ3n) is 2.68. The predicted molar refractivity (Wildman–Crippen MR) is 73.9 cm³/mol. The summed E-state index contributed by atoms with van der Waals surface area (Å²) in [5.41, 5.74) is 0.642. The predicted octanol–water partition coefficient (Wildman–Crippen LogP) is 3.55. The van der Waals surface area contributed by atoms with Gasteiger partial charge < -0.3 is 15.2 Å². The van der Waals surface area contributed by atoms with E-state index >= 15 is 0 Å². The molecule has 0 heterocycles. The lowest BCUT2D eigenvalue weighted by Crippen LogP contribution is -2.40. The van der Waals surface area contributed by atoms with Crippen LogP contribution in [0.25, 0.3) is 0 Å². The standard InChI is InChI=1S/C13H15BrF3NO3/c1-7(2)11(12(19)20)18-6-8-3-4-10(9(14)5-8)21-13(15,16)17/h3-5,7,11,18H,6H2,1-2H3,(H,19,20)/t11-/m0/s1. The molecule has 0 aliphatic carbocycles. The molecule has 8 heteroatoms. The van der Waals surface area contributed by atoms with Gasteiger partial charge in [0.2, 0.25) is 0 Å². The van der Waals surface area contributed by atoms with Gasteiger partial charge in [-0.2, -0.15) is 0 Å². The van der Waals surface area contributed by atoms with Gasteiger partial charge in [-0.25, -0.2) is 0 Å². The van der Waals surface area contributed by atoms with E-state index in [9.17, 15) is 18.0 Å². The molecule has 1 atom stereocenters. The molecule has 0 saturated heterocycles. The third-order valence-corrected chi connectivity index (χ3v) is 3.30. The summed E-state index contributed by atoms with van der Waals surface area (Å²) in [7, 11) is 0. The Morgan fingerprint density at radius 3 is 2.48 bits per heavy atom. The Kier molecular flexibility index (Phi) is 6.03. The summed E-state index contributed by atoms with van der Waals surface area (Å²) >= 11 is 3.00. The van der Waals surface area contributed by atoms with Crippen LogP contribution < -0.4 is 10.1 Å². The van der Waals surface area contributed by atoms with Gasteiger partial charge in [0.25, 0.3) is 0 Å². The number of aliphatic carboxylic acids is 1. The quantitative estimate of drug-likeness (QED) is 0.804. The Bertz CT molecular complexity index is 506. The first-order chi connectivity index (χ1) is 9.60. The number of carboxylic acids is 1. The van der Waals surface area contributed by atoms with Crippen molar-refractivity contribution in [3.8, 4) is 5.75 Å². The van der Waals surface area contributed by atoms with Crippen LogP contribution in [0.3, 0.4) is 0 Å². The van der Waals surface area contributed by atoms with Gasteiger partial charge in [-0.3, -0.25) is 4.79 Å². The summed E-state index contributed by atoms with van der Waals surface area (Å²) in [5.74, 6) is -1.43. The van der Waals surface area contributed by atoms with Crippen LogP contribution in [-0.2, 0) is 11.3 Å². The lowest BCUT2D eigenvalue weighted by molar-refractivity contribution is -0.274. The fourth-order valence-electron chi connectivity index (χ4n) is 1.70. The number of hydrogen-bond acceptors (Lipinski definition) is 3. The average molecular weight is 370 g/mol. The molecule has 0 bridgehead atoms. The fourth-order valence-corrected chi connectivity index (χ4v) is 2.20. The number of halogens is 4. The molecule has 0 aliphatic rings. The highest BCUT2D eigenvalue weighted by molar-refractivity contribution is 9.10. The zero-order chi connectivity index (χ0) is 16.2. The third kappa shape index (κ3) is 5.92. The van der Waals surface area contributed by atoms with Gasteiger partial charge in [0.15, 0.2) is 0 Å². The molecule has 21 heavy (non-hydrogen) atoms. The second kappa shape index (κ2) is 7.13. The van der Waals surface area contributed by atoms with Crippen LogP contribution >= 0.6 is 15.9 Å². The van der Waals surface area contributed by atoms with Gasteiger partial charge in [0.1, 0.15) is 11.8 Å². The molecule has 0 aliphatic heterocycles. The largest absolute Gasteiger partial charge is 0.573 e. The lowest BCUT2D eigenvalue weighted by atomic mass is 10.0. The normalized spacial score (nSPS) is 13.3. The van der Waals surface area contributed by atoms with E-state index in [1.165, 1.54) is 18.2 Å². The molecule has 0 radical (unpaired) electrons. The molecule has 2 N–H and O–H groups in total. The SMILES string of the molecule is CC(C)[C@H](NCc1ccc(OC(F)(F)F)c(Br)c1)C(=O)O. The highest BCUT2D eigenvalue weighted by Crippen LogP contribution is 2.31. The first kappa shape index (κ1) is 17.8. The summed E-state index contributed by atoms with van der Waals surface area (Å²) in [6.07, 6.45) is -4.76. The van der Waals surface area contributed by atoms with Crippen molar-refractivity contribution in [1.82, 2.24) is 5.32 Å². The minimum atomic E-state index is -4.76. The van der Waals surface area contributed by atoms with Crippen LogP contribution in [-0.4, -0.2) is 23.5 Å². The first-order valence-electron chi connectivity index (χ1n) is 6.10. The van der Waals surface area contributed by atoms with Crippen molar-refractivity contribution in [3.05, 3.63) is 28.2 Å². The first-order valence-corrected chi connectivity index (χ1v) is 6.90. The summed E-state index contributed by atoms with van der Waals surface area (Å²) in [6, 6.07) is 3.35. The molecule has 4 nitrogen and oxygen atoms in total. The Morgan fingerprint density at radius 1 is 1.43 bits per heavy atom. The Morgan fingerprint density at radius 2 is 2.05 bits per heavy atom. The molecule has 0 fully saturated rings. The molecule has 0 spiro atoms. The maximum absolute atomic E-state index is 12.1. The van der Waals surface area contributed by atoms with E-state index < -0.39 is 18.4 Å². The molecular weight excluding hydrogens is 355 g/mol. The van der Waals surface area contributed by atoms with E-state index in [1.807, 2.05) is 0 Å². The van der Waals surface area contributed by atoms with Crippen molar-refractivity contribution >= 4 is 21.9 Å². The maximum Gasteiger partial charge on any atom is 0.573 e. The van der Waals surface area contributed by atoms with E-state index in [0.717, 1.165) is 0 Å². The molecule has 1 rings (SSSR count). The lowest BCUT2D eigenvalue weighted by Gasteiger charge is -2.18. The molecule has 1 aromatic carbocycles. The molecule has 0 unspecified atom stereocenters. The van der Waals surface area contributed by atoms with Crippen LogP contribution in [0.2, 0.25) is 0 Å². The van der Waals surface area contributed by atoms with E-state index in [1.54, 1.807) is 13.8 Å². The molecular formula is C13H15BrF3NO3. The number of alkyl halides is 3. The molecule has 1 aromatic rings. The summed E-state index contributed by atoms with van der Waals surface area (Å²) < 4.78 is 40.4. The second-order valence-electron chi connectivity index (χ2n) is 4.75. The molecule has 0 saturated carbocycles. The number of hydrogen-bond donors (Lipinski definition) is 2. The Balaban J connectivity index is 2.74. The van der Waals surface area contributed by atoms with Gasteiger partial charge in [-0.15, -0.1) is 13.2 Å². The highest BCUT2D eigenvalue weighted by atomic mass is 79.9. The number of benzene rings is 1. The van der Waals surface area contributed by atoms with Crippen molar-refractivity contribution in [1.29, 1.82) is 0 Å². The number of carbonyl (C=O) groups is 1. The van der Waals surface area contributed by atoms with Gasteiger partial charge >= 0.3 is 12.3 Å². The van der Waals surface area contributed by atoms with Gasteiger partial charge in [-0.1, -0.05) is 19.9 Å². The maximum atomic E-state index is 12.1. The Hall–Kier alpha value is -1.28. The summed E-state index contributed by atoms with van der Waals surface area (Å²) in [5, 5.41) is 11.9. The number of nitrogens with one attached hydrogen (secondary N) is 1. The van der Waals surface area contributed by atoms with Crippen molar-refractivity contribution in [2.45, 2.75) is 32.8 Å². The van der Waals surface area contributed by atoms with Gasteiger partial charge in [0, 0.05) is 6.54 Å². The second-order valence-corrected chi connectivity index (χ2v) is 5.61. The van der Waals surface area contributed by atoms with Crippen LogP contribution in [0.5, 0.6) is 5.75 Å². The Labute approximate surface area is 128 Å². The topological polar surface area (TPSA) is 58.6 Å². The molecule has 0 amide bonds. The van der Waals surface area contributed by atoms with Gasteiger partial charge in [0.05, 0.1) is 4.47 Å². The number of carboxylic acid groups (broad SMARTS) is 1. The van der Waals surface area contributed by atoms with Crippen molar-refractivity contribution in [2.75, 3.05) is 0 Å². The van der Waals surface area contributed by atoms with Crippen molar-refractivity contribution in [2.24, 2.45) is 5.92 Å². The average Bonchev–Trinajstić information content (AvgIpc) is 2.30. The summed E-state index contributed by atoms with van der Waals surface area (Å²) in [4.78, 5) is 11.0. The molecule has 0 aromatic heterocycles. The van der Waals surface area contributed by atoms with Crippen LogP contribution in [0.4, 0.5) is 13.2 Å². The molecule has 118 valence electrons. The van der Waals surface area contributed by atoms with Gasteiger partial charge in [-0.05, 0) is 39.5 Å². The van der Waals surface area contributed by atoms with Crippen molar-refractivity contribution in [3.63, 3.8) is 0 Å². The monoisotopic (exact) mass is 369 g/mol. The van der Waals surface area contributed by atoms with Crippen LogP contribution in [0.1, 0.15) is 19.4 Å². The van der Waals surface area contributed by atoms with Crippen LogP contribution in [0, 0.1) is 5.92 Å². The smallest absolute Gasteiger partial charge is 0.480 e. The van der Waals surface area contributed by atoms with E-state index in [-0.39, 0.29) is 22.7 Å². The number of ether oxygens (including phenoxy) is 1. The summed E-state index contributed by atoms with van der Waals surface area (Å²) in [6.45, 7) is 3.75. The van der Waals surface area contributed by atoms with Crippen molar-refractivity contribution < 1.29 is 27.8 Å². The van der Waals surface area contributed by atoms with E-state index in [0.29, 0.717) is 5.56 Å². The number of rotatable bonds is 6. The fraction of sp³-hybridized carbons (Fsp3) is 0.462. The van der Waals surface area contributed by atoms with E-state index in [2.05, 4.69) is 26.0 Å².